The normalized spacial score (nSPS) is 10.8. The number of hydrogen-bond acceptors (Lipinski definition) is 2. The number of aromatic nitrogens is 1. The summed E-state index contributed by atoms with van der Waals surface area (Å²) >= 11 is 5.11. The molecule has 14 heavy (non-hydrogen) atoms. The van der Waals surface area contributed by atoms with Gasteiger partial charge in [-0.3, -0.25) is 4.98 Å². The van der Waals surface area contributed by atoms with Crippen molar-refractivity contribution in [1.82, 2.24) is 4.98 Å². The molecule has 0 aliphatic rings. The summed E-state index contributed by atoms with van der Waals surface area (Å²) in [6.07, 6.45) is 0. The van der Waals surface area contributed by atoms with E-state index >= 15 is 0 Å². The molecule has 0 N–H and O–H groups in total. The molecular formula is C12H12NS-. The minimum absolute atomic E-state index is 0.682. The molecule has 0 unspecified atom stereocenters. The van der Waals surface area contributed by atoms with Gasteiger partial charge in [0.15, 0.2) is 0 Å². The number of aryl methyl sites for hydroxylation is 3. The Kier molecular flexibility index (Phi) is 2.16. The molecule has 2 aromatic rings. The van der Waals surface area contributed by atoms with Gasteiger partial charge in [0.1, 0.15) is 0 Å². The highest BCUT2D eigenvalue weighted by Crippen LogP contribution is 2.22. The molecule has 1 nitrogen and oxygen atoms in total. The second-order valence-electron chi connectivity index (χ2n) is 3.76. The van der Waals surface area contributed by atoms with E-state index in [-0.39, 0.29) is 0 Å². The summed E-state index contributed by atoms with van der Waals surface area (Å²) in [4.78, 5) is 4.39. The van der Waals surface area contributed by atoms with E-state index in [2.05, 4.69) is 37.9 Å². The second kappa shape index (κ2) is 3.21. The molecule has 0 radical (unpaired) electrons. The number of pyridine rings is 1. The summed E-state index contributed by atoms with van der Waals surface area (Å²) in [6.45, 7) is 6.27. The zero-order valence-electron chi connectivity index (χ0n) is 8.59. The van der Waals surface area contributed by atoms with E-state index in [9.17, 15) is 0 Å². The van der Waals surface area contributed by atoms with Gasteiger partial charge in [0.25, 0.3) is 0 Å². The van der Waals surface area contributed by atoms with Crippen LogP contribution in [0.15, 0.2) is 23.2 Å². The van der Waals surface area contributed by atoms with Crippen molar-refractivity contribution in [2.24, 2.45) is 0 Å². The summed E-state index contributed by atoms with van der Waals surface area (Å²) in [7, 11) is 0. The average Bonchev–Trinajstić information content (AvgIpc) is 2.07. The Hall–Kier alpha value is -1.15. The quantitative estimate of drug-likeness (QED) is 0.609. The topological polar surface area (TPSA) is 12.9 Å². The molecule has 1 aromatic carbocycles. The molecule has 0 saturated carbocycles. The first-order valence-electron chi connectivity index (χ1n) is 4.63. The van der Waals surface area contributed by atoms with Gasteiger partial charge in [0, 0.05) is 5.39 Å². The Bertz CT molecular complexity index is 456. The maximum atomic E-state index is 5.11. The van der Waals surface area contributed by atoms with Crippen LogP contribution in [0.25, 0.3) is 10.9 Å². The molecule has 1 aromatic heterocycles. The lowest BCUT2D eigenvalue weighted by molar-refractivity contribution is 1.16. The molecule has 0 atom stereocenters. The number of benzene rings is 1. The van der Waals surface area contributed by atoms with Crippen LogP contribution in [-0.2, 0) is 12.6 Å². The Morgan fingerprint density at radius 3 is 2.43 bits per heavy atom. The molecule has 2 heteroatoms. The van der Waals surface area contributed by atoms with Crippen molar-refractivity contribution in [2.45, 2.75) is 25.8 Å². The second-order valence-corrected chi connectivity index (χ2v) is 4.17. The van der Waals surface area contributed by atoms with Crippen molar-refractivity contribution in [3.8, 4) is 0 Å². The van der Waals surface area contributed by atoms with Crippen LogP contribution in [-0.4, -0.2) is 4.98 Å². The molecule has 1 heterocycles. The first-order chi connectivity index (χ1) is 6.58. The van der Waals surface area contributed by atoms with Gasteiger partial charge in [-0.1, -0.05) is 22.7 Å². The average molecular weight is 202 g/mol. The third-order valence-electron chi connectivity index (χ3n) is 2.43. The monoisotopic (exact) mass is 202 g/mol. The van der Waals surface area contributed by atoms with Crippen LogP contribution in [0.1, 0.15) is 16.7 Å². The molecule has 72 valence electrons. The van der Waals surface area contributed by atoms with E-state index in [1.807, 2.05) is 6.07 Å². The van der Waals surface area contributed by atoms with Gasteiger partial charge in [-0.15, -0.1) is 0 Å². The summed E-state index contributed by atoms with van der Waals surface area (Å²) in [5, 5.41) is 1.90. The molecule has 0 spiro atoms. The van der Waals surface area contributed by atoms with Crippen molar-refractivity contribution in [3.63, 3.8) is 0 Å². The van der Waals surface area contributed by atoms with Crippen molar-refractivity contribution >= 4 is 23.5 Å². The Labute approximate surface area is 89.6 Å². The van der Waals surface area contributed by atoms with E-state index < -0.39 is 0 Å². The lowest BCUT2D eigenvalue weighted by Gasteiger charge is -2.11. The van der Waals surface area contributed by atoms with Crippen molar-refractivity contribution < 1.29 is 0 Å². The van der Waals surface area contributed by atoms with Gasteiger partial charge >= 0.3 is 0 Å². The van der Waals surface area contributed by atoms with E-state index in [0.717, 1.165) is 5.52 Å². The lowest BCUT2D eigenvalue weighted by atomic mass is 10.0. The summed E-state index contributed by atoms with van der Waals surface area (Å²) in [5.41, 5.74) is 4.74. The summed E-state index contributed by atoms with van der Waals surface area (Å²) in [5.74, 6) is 0. The molecule has 0 bridgehead atoms. The van der Waals surface area contributed by atoms with E-state index in [1.54, 1.807) is 0 Å². The van der Waals surface area contributed by atoms with Gasteiger partial charge < -0.3 is 12.6 Å². The van der Waals surface area contributed by atoms with Crippen molar-refractivity contribution in [1.29, 1.82) is 0 Å². The van der Waals surface area contributed by atoms with Gasteiger partial charge in [-0.25, -0.2) is 0 Å². The fourth-order valence-electron chi connectivity index (χ4n) is 1.81. The predicted molar refractivity (Wildman–Crippen MR) is 61.6 cm³/mol. The number of hydrogen-bond donors (Lipinski definition) is 0. The first-order valence-corrected chi connectivity index (χ1v) is 5.04. The smallest absolute Gasteiger partial charge is 0.0715 e. The molecule has 0 aliphatic carbocycles. The minimum atomic E-state index is 0.682. The zero-order valence-corrected chi connectivity index (χ0v) is 9.40. The molecule has 0 aliphatic heterocycles. The number of fused-ring (bicyclic) bond motifs is 1. The SMILES string of the molecule is Cc1cc(C)c2nc([S-])cc(C)c2c1. The van der Waals surface area contributed by atoms with Gasteiger partial charge in [0.2, 0.25) is 0 Å². The first kappa shape index (κ1) is 9.41. The van der Waals surface area contributed by atoms with Gasteiger partial charge in [-0.2, -0.15) is 0 Å². The Morgan fingerprint density at radius 1 is 1.00 bits per heavy atom. The maximum Gasteiger partial charge on any atom is 0.0715 e. The van der Waals surface area contributed by atoms with Gasteiger partial charge in [0.05, 0.1) is 5.52 Å². The van der Waals surface area contributed by atoms with Crippen LogP contribution in [0.3, 0.4) is 0 Å². The highest BCUT2D eigenvalue weighted by molar-refractivity contribution is 7.58. The van der Waals surface area contributed by atoms with Crippen molar-refractivity contribution in [2.75, 3.05) is 0 Å². The van der Waals surface area contributed by atoms with Gasteiger partial charge in [-0.05, 0) is 38.0 Å². The minimum Gasteiger partial charge on any atom is -0.760 e. The molecule has 0 fully saturated rings. The van der Waals surface area contributed by atoms with Crippen LogP contribution in [0, 0.1) is 20.8 Å². The summed E-state index contributed by atoms with van der Waals surface area (Å²) in [6, 6.07) is 6.26. The van der Waals surface area contributed by atoms with Crippen molar-refractivity contribution in [3.05, 3.63) is 34.9 Å². The van der Waals surface area contributed by atoms with E-state index in [1.165, 1.54) is 22.1 Å². The number of nitrogens with zero attached hydrogens (tertiary/aromatic N) is 1. The zero-order chi connectivity index (χ0) is 10.3. The Balaban J connectivity index is 2.94. The van der Waals surface area contributed by atoms with E-state index in [0.29, 0.717) is 5.03 Å². The van der Waals surface area contributed by atoms with E-state index in [4.69, 9.17) is 12.6 Å². The third kappa shape index (κ3) is 1.46. The van der Waals surface area contributed by atoms with Crippen LogP contribution in [0.5, 0.6) is 0 Å². The van der Waals surface area contributed by atoms with Crippen LogP contribution >= 0.6 is 0 Å². The molecular weight excluding hydrogens is 190 g/mol. The standard InChI is InChI=1S/C12H13NS/c1-7-4-9(3)12-10(5-7)8(2)6-11(14)13-12/h4-6H,1-3H3,(H,13,14)/p-1. The van der Waals surface area contributed by atoms with Crippen LogP contribution in [0.4, 0.5) is 0 Å². The molecule has 0 amide bonds. The molecule has 2 rings (SSSR count). The maximum absolute atomic E-state index is 5.11. The molecule has 0 saturated heterocycles. The fourth-order valence-corrected chi connectivity index (χ4v) is 2.08. The Morgan fingerprint density at radius 2 is 1.71 bits per heavy atom. The lowest BCUT2D eigenvalue weighted by Crippen LogP contribution is -1.90. The van der Waals surface area contributed by atoms with Crippen LogP contribution in [0.2, 0.25) is 0 Å². The predicted octanol–water partition coefficient (Wildman–Crippen LogP) is 3.07. The largest absolute Gasteiger partial charge is 0.760 e. The highest BCUT2D eigenvalue weighted by atomic mass is 32.1. The number of rotatable bonds is 0. The fraction of sp³-hybridized carbons (Fsp3) is 0.250. The third-order valence-corrected chi connectivity index (χ3v) is 2.64. The summed E-state index contributed by atoms with van der Waals surface area (Å²) < 4.78 is 0. The van der Waals surface area contributed by atoms with Crippen LogP contribution < -0.4 is 0 Å². The highest BCUT2D eigenvalue weighted by Gasteiger charge is 2.01.